The van der Waals surface area contributed by atoms with Gasteiger partial charge in [-0.05, 0) is 54.8 Å². The van der Waals surface area contributed by atoms with Crippen LogP contribution in [0.3, 0.4) is 0 Å². The van der Waals surface area contributed by atoms with Crippen molar-refractivity contribution in [2.75, 3.05) is 0 Å². The lowest BCUT2D eigenvalue weighted by atomic mass is 9.57. The van der Waals surface area contributed by atoms with Gasteiger partial charge in [-0.25, -0.2) is 0 Å². The first-order chi connectivity index (χ1) is 5.83. The maximum Gasteiger partial charge on any atom is -0.0323 e. The molecule has 0 aliphatic heterocycles. The fourth-order valence-electron chi connectivity index (χ4n) is 4.37. The van der Waals surface area contributed by atoms with Gasteiger partial charge in [-0.1, -0.05) is 20.3 Å². The van der Waals surface area contributed by atoms with Gasteiger partial charge in [-0.15, -0.1) is 0 Å². The minimum atomic E-state index is 1.07. The zero-order valence-corrected chi connectivity index (χ0v) is 8.29. The molecule has 0 nitrogen and oxygen atoms in total. The summed E-state index contributed by atoms with van der Waals surface area (Å²) in [5, 5.41) is 0. The van der Waals surface area contributed by atoms with Crippen LogP contribution in [0.15, 0.2) is 0 Å². The van der Waals surface area contributed by atoms with Crippen LogP contribution < -0.4 is 0 Å². The van der Waals surface area contributed by atoms with E-state index in [-0.39, 0.29) is 0 Å². The largest absolute Gasteiger partial charge is 0.0651 e. The van der Waals surface area contributed by atoms with Crippen LogP contribution in [0.25, 0.3) is 0 Å². The van der Waals surface area contributed by atoms with E-state index in [1.54, 1.807) is 19.3 Å². The molecule has 0 bridgehead atoms. The molecule has 0 N–H and O–H groups in total. The molecule has 12 heavy (non-hydrogen) atoms. The van der Waals surface area contributed by atoms with Gasteiger partial charge in [0.2, 0.25) is 0 Å². The summed E-state index contributed by atoms with van der Waals surface area (Å²) in [4.78, 5) is 0. The summed E-state index contributed by atoms with van der Waals surface area (Å²) in [6.45, 7) is 4.91. The van der Waals surface area contributed by atoms with Crippen molar-refractivity contribution in [3.05, 3.63) is 0 Å². The monoisotopic (exact) mass is 164 g/mol. The average molecular weight is 164 g/mol. The Morgan fingerprint density at radius 1 is 1.08 bits per heavy atom. The van der Waals surface area contributed by atoms with Crippen LogP contribution in [0.1, 0.15) is 39.5 Å². The number of rotatable bonds is 1. The third kappa shape index (κ3) is 0.744. The van der Waals surface area contributed by atoms with Crippen molar-refractivity contribution in [1.29, 1.82) is 0 Å². The van der Waals surface area contributed by atoms with E-state index in [9.17, 15) is 0 Å². The Kier molecular flexibility index (Phi) is 1.40. The summed E-state index contributed by atoms with van der Waals surface area (Å²) < 4.78 is 0. The SMILES string of the molecule is CC[C@H]1CCC2C3CC3C2C1C. The van der Waals surface area contributed by atoms with Gasteiger partial charge in [-0.3, -0.25) is 0 Å². The molecule has 0 radical (unpaired) electrons. The van der Waals surface area contributed by atoms with Crippen molar-refractivity contribution in [3.8, 4) is 0 Å². The average Bonchev–Trinajstić information content (AvgIpc) is 2.73. The van der Waals surface area contributed by atoms with E-state index in [2.05, 4.69) is 13.8 Å². The smallest absolute Gasteiger partial charge is 0.0323 e. The molecule has 3 aliphatic carbocycles. The first-order valence-electron chi connectivity index (χ1n) is 5.83. The van der Waals surface area contributed by atoms with Gasteiger partial charge in [0, 0.05) is 0 Å². The summed E-state index contributed by atoms with van der Waals surface area (Å²) in [6.07, 6.45) is 6.16. The summed E-state index contributed by atoms with van der Waals surface area (Å²) in [7, 11) is 0. The Labute approximate surface area is 75.7 Å². The Hall–Kier alpha value is 0. The molecule has 0 aromatic rings. The maximum atomic E-state index is 2.53. The van der Waals surface area contributed by atoms with E-state index in [1.165, 1.54) is 30.1 Å². The van der Waals surface area contributed by atoms with Gasteiger partial charge < -0.3 is 0 Å². The molecule has 3 rings (SSSR count). The molecule has 68 valence electrons. The normalized spacial score (nSPS) is 61.5. The van der Waals surface area contributed by atoms with Crippen molar-refractivity contribution >= 4 is 0 Å². The molecule has 3 aliphatic rings. The molecule has 0 aromatic heterocycles. The summed E-state index contributed by atoms with van der Waals surface area (Å²) in [5.74, 6) is 6.93. The lowest BCUT2D eigenvalue weighted by Gasteiger charge is -2.48. The predicted octanol–water partition coefficient (Wildman–Crippen LogP) is 3.32. The molecule has 0 heteroatoms. The third-order valence-electron chi connectivity index (χ3n) is 5.18. The molecular formula is C12H20. The molecule has 6 atom stereocenters. The molecule has 0 heterocycles. The highest BCUT2D eigenvalue weighted by molar-refractivity contribution is 5.12. The number of hydrogen-bond acceptors (Lipinski definition) is 0. The van der Waals surface area contributed by atoms with Crippen LogP contribution in [0.5, 0.6) is 0 Å². The van der Waals surface area contributed by atoms with E-state index in [0.717, 1.165) is 11.8 Å². The fraction of sp³-hybridized carbons (Fsp3) is 1.00. The molecule has 0 saturated heterocycles. The van der Waals surface area contributed by atoms with Crippen molar-refractivity contribution in [1.82, 2.24) is 0 Å². The summed E-state index contributed by atoms with van der Waals surface area (Å²) >= 11 is 0. The Morgan fingerprint density at radius 3 is 2.67 bits per heavy atom. The predicted molar refractivity (Wildman–Crippen MR) is 50.8 cm³/mol. The number of hydrogen-bond donors (Lipinski definition) is 0. The minimum Gasteiger partial charge on any atom is -0.0651 e. The quantitative estimate of drug-likeness (QED) is 0.557. The van der Waals surface area contributed by atoms with Gasteiger partial charge in [-0.2, -0.15) is 0 Å². The van der Waals surface area contributed by atoms with Crippen LogP contribution >= 0.6 is 0 Å². The molecule has 0 spiro atoms. The van der Waals surface area contributed by atoms with E-state index in [1.807, 2.05) is 0 Å². The standard InChI is InChI=1S/C12H20/c1-3-8-4-5-9-10-6-11(10)12(9)7(8)2/h7-12H,3-6H2,1-2H3/t7?,8-,9?,10?,11?,12?/m0/s1. The van der Waals surface area contributed by atoms with E-state index < -0.39 is 0 Å². The minimum absolute atomic E-state index is 1.07. The van der Waals surface area contributed by atoms with Gasteiger partial charge in [0.05, 0.1) is 0 Å². The van der Waals surface area contributed by atoms with Crippen LogP contribution in [-0.2, 0) is 0 Å². The molecule has 3 fully saturated rings. The first-order valence-corrected chi connectivity index (χ1v) is 5.83. The first kappa shape index (κ1) is 7.41. The Bertz CT molecular complexity index is 196. The second-order valence-corrected chi connectivity index (χ2v) is 5.41. The van der Waals surface area contributed by atoms with Gasteiger partial charge in [0.25, 0.3) is 0 Å². The van der Waals surface area contributed by atoms with E-state index in [0.29, 0.717) is 0 Å². The molecule has 5 unspecified atom stereocenters. The van der Waals surface area contributed by atoms with Crippen molar-refractivity contribution in [2.24, 2.45) is 35.5 Å². The van der Waals surface area contributed by atoms with Gasteiger partial charge in [0.15, 0.2) is 0 Å². The van der Waals surface area contributed by atoms with Crippen LogP contribution in [0.2, 0.25) is 0 Å². The highest BCUT2D eigenvalue weighted by Crippen LogP contribution is 2.70. The van der Waals surface area contributed by atoms with Crippen LogP contribution in [-0.4, -0.2) is 0 Å². The Balaban J connectivity index is 1.76. The van der Waals surface area contributed by atoms with Crippen molar-refractivity contribution in [2.45, 2.75) is 39.5 Å². The van der Waals surface area contributed by atoms with E-state index >= 15 is 0 Å². The van der Waals surface area contributed by atoms with Gasteiger partial charge in [0.1, 0.15) is 0 Å². The maximum absolute atomic E-state index is 2.53. The summed E-state index contributed by atoms with van der Waals surface area (Å²) in [6, 6.07) is 0. The molecule has 3 saturated carbocycles. The Morgan fingerprint density at radius 2 is 1.92 bits per heavy atom. The number of fused-ring (bicyclic) bond motifs is 4. The zero-order chi connectivity index (χ0) is 8.29. The van der Waals surface area contributed by atoms with Crippen LogP contribution in [0, 0.1) is 35.5 Å². The summed E-state index contributed by atoms with van der Waals surface area (Å²) in [5.41, 5.74) is 0. The zero-order valence-electron chi connectivity index (χ0n) is 8.29. The molecular weight excluding hydrogens is 144 g/mol. The molecule has 0 amide bonds. The third-order valence-corrected chi connectivity index (χ3v) is 5.18. The molecule has 0 aromatic carbocycles. The lowest BCUT2D eigenvalue weighted by Crippen LogP contribution is -2.41. The second kappa shape index (κ2) is 2.27. The lowest BCUT2D eigenvalue weighted by molar-refractivity contribution is 0.00616. The highest BCUT2D eigenvalue weighted by atomic mass is 14.7. The topological polar surface area (TPSA) is 0 Å². The second-order valence-electron chi connectivity index (χ2n) is 5.41. The van der Waals surface area contributed by atoms with Crippen LogP contribution in [0.4, 0.5) is 0 Å². The fourth-order valence-corrected chi connectivity index (χ4v) is 4.37. The van der Waals surface area contributed by atoms with Crippen molar-refractivity contribution < 1.29 is 0 Å². The van der Waals surface area contributed by atoms with Gasteiger partial charge >= 0.3 is 0 Å². The van der Waals surface area contributed by atoms with Crippen molar-refractivity contribution in [3.63, 3.8) is 0 Å². The highest BCUT2D eigenvalue weighted by Gasteiger charge is 2.63. The van der Waals surface area contributed by atoms with E-state index in [4.69, 9.17) is 0 Å².